The minimum Gasteiger partial charge on any atom is -0.309 e. The zero-order chi connectivity index (χ0) is 36.0. The summed E-state index contributed by atoms with van der Waals surface area (Å²) < 4.78 is 4.64. The summed E-state index contributed by atoms with van der Waals surface area (Å²) in [6.45, 7) is 0. The molecule has 0 radical (unpaired) electrons. The van der Waals surface area contributed by atoms with Crippen molar-refractivity contribution in [3.05, 3.63) is 188 Å². The molecule has 0 unspecified atom stereocenters. The van der Waals surface area contributed by atoms with Gasteiger partial charge >= 0.3 is 0 Å². The van der Waals surface area contributed by atoms with E-state index in [9.17, 15) is 0 Å². The van der Waals surface area contributed by atoms with Gasteiger partial charge in [0.2, 0.25) is 0 Å². The van der Waals surface area contributed by atoms with Gasteiger partial charge in [-0.05, 0) is 77.7 Å². The highest BCUT2D eigenvalue weighted by Gasteiger charge is 2.31. The lowest BCUT2D eigenvalue weighted by molar-refractivity contribution is 1.05. The van der Waals surface area contributed by atoms with Crippen molar-refractivity contribution in [1.82, 2.24) is 19.1 Å². The van der Waals surface area contributed by atoms with Gasteiger partial charge in [0.25, 0.3) is 0 Å². The molecule has 0 spiro atoms. The largest absolute Gasteiger partial charge is 0.309 e. The molecule has 5 heteroatoms. The van der Waals surface area contributed by atoms with Gasteiger partial charge in [0, 0.05) is 49.9 Å². The Bertz CT molecular complexity index is 3250. The van der Waals surface area contributed by atoms with Crippen molar-refractivity contribution in [2.24, 2.45) is 0 Å². The fraction of sp³-hybridized carbons (Fsp3) is 0. The van der Waals surface area contributed by atoms with Crippen molar-refractivity contribution in [3.8, 4) is 33.9 Å². The van der Waals surface area contributed by atoms with Crippen LogP contribution >= 0.6 is 0 Å². The third kappa shape index (κ3) is 4.23. The minimum atomic E-state index is 0.875. The SMILES string of the molecule is c1ccc(N2c3cccc4c(-c5ccccn5)ccc(c34)-c3ccc4c(c32)c2ccccc2n4-c2ccc(-n3c4ccccc4c4ccccc43)cn2)cc1. The molecule has 256 valence electrons. The Labute approximate surface area is 316 Å². The van der Waals surface area contributed by atoms with Gasteiger partial charge in [-0.1, -0.05) is 109 Å². The van der Waals surface area contributed by atoms with Gasteiger partial charge in [-0.25, -0.2) is 4.98 Å². The number of rotatable bonds is 4. The molecule has 0 saturated heterocycles. The lowest BCUT2D eigenvalue weighted by atomic mass is 9.87. The average molecular weight is 702 g/mol. The third-order valence-corrected chi connectivity index (χ3v) is 11.3. The van der Waals surface area contributed by atoms with Crippen LogP contribution in [0.2, 0.25) is 0 Å². The first-order valence-corrected chi connectivity index (χ1v) is 18.7. The normalized spacial score (nSPS) is 12.3. The van der Waals surface area contributed by atoms with E-state index < -0.39 is 0 Å². The number of aromatic nitrogens is 4. The van der Waals surface area contributed by atoms with Gasteiger partial charge in [-0.2, -0.15) is 0 Å². The molecular weight excluding hydrogens is 671 g/mol. The fourth-order valence-electron chi connectivity index (χ4n) is 9.09. The molecule has 1 aliphatic heterocycles. The van der Waals surface area contributed by atoms with Gasteiger partial charge in [-0.3, -0.25) is 9.55 Å². The van der Waals surface area contributed by atoms with E-state index in [-0.39, 0.29) is 0 Å². The van der Waals surface area contributed by atoms with Crippen molar-refractivity contribution in [1.29, 1.82) is 0 Å². The summed E-state index contributed by atoms with van der Waals surface area (Å²) in [5.74, 6) is 0.875. The number of hydrogen-bond donors (Lipinski definition) is 0. The first-order chi connectivity index (χ1) is 27.3. The highest BCUT2D eigenvalue weighted by Crippen LogP contribution is 2.56. The highest BCUT2D eigenvalue weighted by atomic mass is 15.2. The van der Waals surface area contributed by atoms with E-state index in [1.807, 2.05) is 18.5 Å². The fourth-order valence-corrected chi connectivity index (χ4v) is 9.09. The molecule has 7 aromatic carbocycles. The van der Waals surface area contributed by atoms with Crippen LogP contribution in [-0.2, 0) is 0 Å². The molecule has 0 bridgehead atoms. The minimum absolute atomic E-state index is 0.875. The molecule has 1 aliphatic rings. The topological polar surface area (TPSA) is 38.9 Å². The van der Waals surface area contributed by atoms with Gasteiger partial charge in [-0.15, -0.1) is 0 Å². The molecule has 0 amide bonds. The summed E-state index contributed by atoms with van der Waals surface area (Å²) in [4.78, 5) is 12.4. The van der Waals surface area contributed by atoms with E-state index in [0.29, 0.717) is 0 Å². The molecule has 4 aromatic heterocycles. The van der Waals surface area contributed by atoms with Crippen LogP contribution in [0.25, 0.3) is 88.3 Å². The first-order valence-electron chi connectivity index (χ1n) is 18.7. The maximum absolute atomic E-state index is 5.21. The third-order valence-electron chi connectivity index (χ3n) is 11.3. The zero-order valence-electron chi connectivity index (χ0n) is 29.6. The molecule has 0 N–H and O–H groups in total. The van der Waals surface area contributed by atoms with Crippen LogP contribution in [0.4, 0.5) is 17.1 Å². The Morgan fingerprint density at radius 1 is 0.364 bits per heavy atom. The second-order valence-corrected chi connectivity index (χ2v) is 14.2. The van der Waals surface area contributed by atoms with Crippen LogP contribution in [0.3, 0.4) is 0 Å². The number of anilines is 3. The summed E-state index contributed by atoms with van der Waals surface area (Å²) in [7, 11) is 0. The summed E-state index contributed by atoms with van der Waals surface area (Å²) in [5.41, 5.74) is 13.6. The maximum atomic E-state index is 5.21. The number of nitrogens with zero attached hydrogens (tertiary/aromatic N) is 5. The van der Waals surface area contributed by atoms with Crippen molar-refractivity contribution in [2.45, 2.75) is 0 Å². The van der Waals surface area contributed by atoms with Gasteiger partial charge in [0.05, 0.1) is 51.0 Å². The lowest BCUT2D eigenvalue weighted by Crippen LogP contribution is -2.15. The summed E-state index contributed by atoms with van der Waals surface area (Å²) in [5, 5.41) is 7.28. The molecule has 55 heavy (non-hydrogen) atoms. The van der Waals surface area contributed by atoms with Crippen LogP contribution in [0.5, 0.6) is 0 Å². The summed E-state index contributed by atoms with van der Waals surface area (Å²) >= 11 is 0. The van der Waals surface area contributed by atoms with Crippen molar-refractivity contribution >= 4 is 71.4 Å². The van der Waals surface area contributed by atoms with E-state index in [1.165, 1.54) is 60.2 Å². The summed E-state index contributed by atoms with van der Waals surface area (Å²) in [6.07, 6.45) is 3.88. The molecule has 0 saturated carbocycles. The van der Waals surface area contributed by atoms with E-state index in [0.717, 1.165) is 45.2 Å². The standard InChI is InChI=1S/C50H31N5/c1-2-13-32(14-3-1)54-45-23-12-18-37-34(41-19-10-11-30-51-41)25-26-38(48(37)45)39-27-28-46-49(50(39)54)40-17-6-9-22-44(40)55(46)47-29-24-33(31-52-47)53-42-20-7-4-15-35(42)36-16-5-8-21-43(36)53/h1-31H. The molecule has 5 heterocycles. The maximum Gasteiger partial charge on any atom is 0.137 e. The quantitative estimate of drug-likeness (QED) is 0.183. The van der Waals surface area contributed by atoms with E-state index in [1.54, 1.807) is 0 Å². The van der Waals surface area contributed by atoms with E-state index >= 15 is 0 Å². The molecular formula is C50H31N5. The molecule has 0 aliphatic carbocycles. The van der Waals surface area contributed by atoms with Crippen LogP contribution < -0.4 is 4.90 Å². The lowest BCUT2D eigenvalue weighted by Gasteiger charge is -2.34. The predicted molar refractivity (Wildman–Crippen MR) is 227 cm³/mol. The first kappa shape index (κ1) is 30.0. The zero-order valence-corrected chi connectivity index (χ0v) is 29.6. The number of para-hydroxylation sites is 4. The van der Waals surface area contributed by atoms with Crippen LogP contribution in [0.1, 0.15) is 0 Å². The predicted octanol–water partition coefficient (Wildman–Crippen LogP) is 12.9. The Kier molecular flexibility index (Phi) is 6.27. The molecule has 0 fully saturated rings. The van der Waals surface area contributed by atoms with Gasteiger partial charge < -0.3 is 9.47 Å². The van der Waals surface area contributed by atoms with Gasteiger partial charge in [0.15, 0.2) is 0 Å². The Morgan fingerprint density at radius 3 is 1.75 bits per heavy atom. The highest BCUT2D eigenvalue weighted by molar-refractivity contribution is 6.25. The number of pyridine rings is 2. The Morgan fingerprint density at radius 2 is 1.02 bits per heavy atom. The number of benzene rings is 7. The van der Waals surface area contributed by atoms with E-state index in [2.05, 4.69) is 184 Å². The van der Waals surface area contributed by atoms with Crippen LogP contribution in [0.15, 0.2) is 188 Å². The smallest absolute Gasteiger partial charge is 0.137 e. The number of hydrogen-bond acceptors (Lipinski definition) is 3. The Balaban J connectivity index is 1.11. The van der Waals surface area contributed by atoms with E-state index in [4.69, 9.17) is 9.97 Å². The molecule has 5 nitrogen and oxygen atoms in total. The number of fused-ring (bicyclic) bond motifs is 9. The summed E-state index contributed by atoms with van der Waals surface area (Å²) in [6, 6.07) is 63.0. The van der Waals surface area contributed by atoms with Crippen LogP contribution in [0, 0.1) is 0 Å². The second-order valence-electron chi connectivity index (χ2n) is 14.2. The van der Waals surface area contributed by atoms with Crippen molar-refractivity contribution in [3.63, 3.8) is 0 Å². The second kappa shape index (κ2) is 11.5. The van der Waals surface area contributed by atoms with Crippen molar-refractivity contribution < 1.29 is 0 Å². The molecule has 12 rings (SSSR count). The molecule has 11 aromatic rings. The Hall–Kier alpha value is -7.50. The van der Waals surface area contributed by atoms with Crippen LogP contribution in [-0.4, -0.2) is 19.1 Å². The monoisotopic (exact) mass is 701 g/mol. The molecule has 0 atom stereocenters. The average Bonchev–Trinajstić information content (AvgIpc) is 3.78. The van der Waals surface area contributed by atoms with Crippen molar-refractivity contribution in [2.75, 3.05) is 4.90 Å². The van der Waals surface area contributed by atoms with Gasteiger partial charge in [0.1, 0.15) is 5.82 Å².